The summed E-state index contributed by atoms with van der Waals surface area (Å²) < 4.78 is 0. The quantitative estimate of drug-likeness (QED) is 0.907. The number of pyridine rings is 1. The standard InChI is InChI=1S/C19H21N3O3/c1-21-17(23)12-14(18(24)25)19(21)7-10-22(11-8-19)16-6-9-20-15-5-3-2-4-13(15)16/h2-6,9,14H,7-8,10-12H2,1H3,(H,24,25). The Bertz CT molecular complexity index is 837. The van der Waals surface area contributed by atoms with Crippen molar-refractivity contribution >= 4 is 28.5 Å². The molecule has 4 rings (SSSR count). The monoisotopic (exact) mass is 339 g/mol. The summed E-state index contributed by atoms with van der Waals surface area (Å²) in [5.74, 6) is -1.53. The average molecular weight is 339 g/mol. The number of aromatic nitrogens is 1. The number of piperidine rings is 1. The molecule has 1 spiro atoms. The molecule has 1 unspecified atom stereocenters. The molecule has 25 heavy (non-hydrogen) atoms. The maximum absolute atomic E-state index is 12.1. The van der Waals surface area contributed by atoms with Crippen molar-refractivity contribution < 1.29 is 14.7 Å². The van der Waals surface area contributed by atoms with Crippen molar-refractivity contribution in [2.24, 2.45) is 5.92 Å². The van der Waals surface area contributed by atoms with Crippen molar-refractivity contribution in [3.8, 4) is 0 Å². The lowest BCUT2D eigenvalue weighted by Gasteiger charge is -2.46. The number of nitrogens with zero attached hydrogens (tertiary/aromatic N) is 3. The summed E-state index contributed by atoms with van der Waals surface area (Å²) in [5.41, 5.74) is 1.53. The fraction of sp³-hybridized carbons (Fsp3) is 0.421. The normalized spacial score (nSPS) is 22.8. The molecule has 1 aromatic carbocycles. The van der Waals surface area contributed by atoms with Gasteiger partial charge in [0.1, 0.15) is 0 Å². The van der Waals surface area contributed by atoms with Crippen LogP contribution in [-0.2, 0) is 9.59 Å². The van der Waals surface area contributed by atoms with Crippen LogP contribution in [0.25, 0.3) is 10.9 Å². The number of carbonyl (C=O) groups excluding carboxylic acids is 1. The molecule has 1 amide bonds. The van der Waals surface area contributed by atoms with Crippen LogP contribution in [0.5, 0.6) is 0 Å². The molecule has 2 saturated heterocycles. The number of benzene rings is 1. The summed E-state index contributed by atoms with van der Waals surface area (Å²) in [4.78, 5) is 32.2. The minimum Gasteiger partial charge on any atom is -0.481 e. The third-order valence-electron chi connectivity index (χ3n) is 5.96. The minimum atomic E-state index is -0.861. The largest absolute Gasteiger partial charge is 0.481 e. The first-order chi connectivity index (χ1) is 12.0. The van der Waals surface area contributed by atoms with E-state index in [0.717, 1.165) is 29.7 Å². The van der Waals surface area contributed by atoms with Crippen LogP contribution < -0.4 is 4.90 Å². The van der Waals surface area contributed by atoms with Gasteiger partial charge in [0.25, 0.3) is 0 Å². The van der Waals surface area contributed by atoms with Crippen molar-refractivity contribution in [3.05, 3.63) is 36.5 Å². The van der Waals surface area contributed by atoms with Gasteiger partial charge in [0.2, 0.25) is 5.91 Å². The molecule has 1 atom stereocenters. The number of fused-ring (bicyclic) bond motifs is 1. The van der Waals surface area contributed by atoms with E-state index in [1.807, 2.05) is 30.5 Å². The van der Waals surface area contributed by atoms with Crippen molar-refractivity contribution in [3.63, 3.8) is 0 Å². The molecule has 0 radical (unpaired) electrons. The Labute approximate surface area is 146 Å². The Morgan fingerprint density at radius 1 is 1.24 bits per heavy atom. The van der Waals surface area contributed by atoms with E-state index in [9.17, 15) is 14.7 Å². The van der Waals surface area contributed by atoms with Gasteiger partial charge >= 0.3 is 5.97 Å². The molecule has 2 fully saturated rings. The van der Waals surface area contributed by atoms with Gasteiger partial charge in [0.15, 0.2) is 0 Å². The van der Waals surface area contributed by atoms with Crippen molar-refractivity contribution in [2.75, 3.05) is 25.0 Å². The highest BCUT2D eigenvalue weighted by Gasteiger charge is 2.55. The van der Waals surface area contributed by atoms with Gasteiger partial charge in [-0.15, -0.1) is 0 Å². The molecule has 2 aliphatic heterocycles. The second kappa shape index (κ2) is 5.72. The fourth-order valence-corrected chi connectivity index (χ4v) is 4.48. The van der Waals surface area contributed by atoms with E-state index in [2.05, 4.69) is 16.0 Å². The molecule has 2 aliphatic rings. The number of para-hydroxylation sites is 1. The van der Waals surface area contributed by atoms with Crippen LogP contribution in [-0.4, -0.2) is 52.5 Å². The molecular weight excluding hydrogens is 318 g/mol. The number of carboxylic acid groups (broad SMARTS) is 1. The first-order valence-corrected chi connectivity index (χ1v) is 8.61. The van der Waals surface area contributed by atoms with Gasteiger partial charge in [-0.2, -0.15) is 0 Å². The van der Waals surface area contributed by atoms with E-state index >= 15 is 0 Å². The third-order valence-corrected chi connectivity index (χ3v) is 5.96. The summed E-state index contributed by atoms with van der Waals surface area (Å²) in [6, 6.07) is 10.0. The molecule has 6 nitrogen and oxygen atoms in total. The van der Waals surface area contributed by atoms with Crippen molar-refractivity contribution in [1.82, 2.24) is 9.88 Å². The zero-order chi connectivity index (χ0) is 17.6. The minimum absolute atomic E-state index is 0.0600. The lowest BCUT2D eigenvalue weighted by molar-refractivity contribution is -0.145. The summed E-state index contributed by atoms with van der Waals surface area (Å²) in [6.07, 6.45) is 3.27. The zero-order valence-corrected chi connectivity index (χ0v) is 14.2. The summed E-state index contributed by atoms with van der Waals surface area (Å²) in [6.45, 7) is 1.46. The van der Waals surface area contributed by atoms with Crippen LogP contribution in [0.15, 0.2) is 36.5 Å². The zero-order valence-electron chi connectivity index (χ0n) is 14.2. The van der Waals surface area contributed by atoms with E-state index in [4.69, 9.17) is 0 Å². The number of carboxylic acids is 1. The number of rotatable bonds is 2. The first-order valence-electron chi connectivity index (χ1n) is 8.61. The first kappa shape index (κ1) is 15.9. The SMILES string of the molecule is CN1C(=O)CC(C(=O)O)C12CCN(c1ccnc3ccccc13)CC2. The van der Waals surface area contributed by atoms with Crippen molar-refractivity contribution in [2.45, 2.75) is 24.8 Å². The molecule has 3 heterocycles. The Balaban J connectivity index is 1.63. The Kier molecular flexibility index (Phi) is 3.63. The van der Waals surface area contributed by atoms with E-state index in [1.165, 1.54) is 0 Å². The molecule has 6 heteroatoms. The number of aliphatic carboxylic acids is 1. The molecule has 0 bridgehead atoms. The summed E-state index contributed by atoms with van der Waals surface area (Å²) in [7, 11) is 1.75. The van der Waals surface area contributed by atoms with Gasteiger partial charge in [-0.25, -0.2) is 0 Å². The van der Waals surface area contributed by atoms with Crippen LogP contribution in [0, 0.1) is 5.92 Å². The Hall–Kier alpha value is -2.63. The predicted octanol–water partition coefficient (Wildman–Crippen LogP) is 2.14. The number of anilines is 1. The van der Waals surface area contributed by atoms with Gasteiger partial charge in [-0.3, -0.25) is 14.6 Å². The van der Waals surface area contributed by atoms with Crippen LogP contribution in [0.3, 0.4) is 0 Å². The molecule has 1 aromatic heterocycles. The van der Waals surface area contributed by atoms with Gasteiger partial charge in [0.05, 0.1) is 17.0 Å². The smallest absolute Gasteiger partial charge is 0.309 e. The molecular formula is C19H21N3O3. The van der Waals surface area contributed by atoms with Gasteiger partial charge < -0.3 is 14.9 Å². The summed E-state index contributed by atoms with van der Waals surface area (Å²) in [5, 5.41) is 10.7. The van der Waals surface area contributed by atoms with Crippen LogP contribution in [0.4, 0.5) is 5.69 Å². The Morgan fingerprint density at radius 3 is 2.68 bits per heavy atom. The molecule has 1 N–H and O–H groups in total. The molecule has 0 saturated carbocycles. The highest BCUT2D eigenvalue weighted by atomic mass is 16.4. The molecule has 130 valence electrons. The van der Waals surface area contributed by atoms with E-state index < -0.39 is 17.4 Å². The van der Waals surface area contributed by atoms with Gasteiger partial charge in [-0.1, -0.05) is 18.2 Å². The second-order valence-electron chi connectivity index (χ2n) is 6.99. The topological polar surface area (TPSA) is 73.7 Å². The molecule has 2 aromatic rings. The van der Waals surface area contributed by atoms with E-state index in [-0.39, 0.29) is 12.3 Å². The second-order valence-corrected chi connectivity index (χ2v) is 6.99. The molecule has 0 aliphatic carbocycles. The predicted molar refractivity (Wildman–Crippen MR) is 94.4 cm³/mol. The van der Waals surface area contributed by atoms with E-state index in [1.54, 1.807) is 11.9 Å². The van der Waals surface area contributed by atoms with E-state index in [0.29, 0.717) is 12.8 Å². The number of hydrogen-bond acceptors (Lipinski definition) is 4. The Morgan fingerprint density at radius 2 is 1.96 bits per heavy atom. The number of carbonyl (C=O) groups is 2. The highest BCUT2D eigenvalue weighted by molar-refractivity contribution is 5.92. The lowest BCUT2D eigenvalue weighted by Crippen LogP contribution is -2.56. The van der Waals surface area contributed by atoms with Crippen LogP contribution >= 0.6 is 0 Å². The number of amides is 1. The van der Waals surface area contributed by atoms with Crippen LogP contribution in [0.1, 0.15) is 19.3 Å². The maximum Gasteiger partial charge on any atom is 0.309 e. The third kappa shape index (κ3) is 2.35. The average Bonchev–Trinajstić information content (AvgIpc) is 2.87. The van der Waals surface area contributed by atoms with Gasteiger partial charge in [0, 0.05) is 43.8 Å². The number of likely N-dealkylation sites (tertiary alicyclic amines) is 1. The lowest BCUT2D eigenvalue weighted by atomic mass is 9.77. The fourth-order valence-electron chi connectivity index (χ4n) is 4.48. The van der Waals surface area contributed by atoms with Crippen molar-refractivity contribution in [1.29, 1.82) is 0 Å². The van der Waals surface area contributed by atoms with Crippen LogP contribution in [0.2, 0.25) is 0 Å². The maximum atomic E-state index is 12.1. The summed E-state index contributed by atoms with van der Waals surface area (Å²) >= 11 is 0. The van der Waals surface area contributed by atoms with Gasteiger partial charge in [-0.05, 0) is 25.0 Å². The highest BCUT2D eigenvalue weighted by Crippen LogP contribution is 2.44. The number of hydrogen-bond donors (Lipinski definition) is 1.